The normalized spacial score (nSPS) is 23.0. The van der Waals surface area contributed by atoms with Crippen molar-refractivity contribution in [2.24, 2.45) is 15.9 Å². The van der Waals surface area contributed by atoms with E-state index >= 15 is 0 Å². The molecule has 1 saturated heterocycles. The molecule has 1 aliphatic carbocycles. The number of fused-ring (bicyclic) bond motifs is 3. The van der Waals surface area contributed by atoms with Gasteiger partial charge in [-0.25, -0.2) is 13.8 Å². The molecule has 1 fully saturated rings. The molecule has 5 rings (SSSR count). The maximum Gasteiger partial charge on any atom is 0.218 e. The Morgan fingerprint density at radius 1 is 1.03 bits per heavy atom. The van der Waals surface area contributed by atoms with Crippen molar-refractivity contribution >= 4 is 11.7 Å². The largest absolute Gasteiger partial charge is 0.354 e. The van der Waals surface area contributed by atoms with Gasteiger partial charge in [-0.1, -0.05) is 30.3 Å². The Hall–Kier alpha value is -2.60. The van der Waals surface area contributed by atoms with E-state index in [4.69, 9.17) is 4.99 Å². The molecule has 2 aliphatic heterocycles. The van der Waals surface area contributed by atoms with E-state index in [1.165, 1.54) is 38.1 Å². The van der Waals surface area contributed by atoms with Gasteiger partial charge in [-0.15, -0.1) is 0 Å². The van der Waals surface area contributed by atoms with E-state index in [2.05, 4.69) is 27.3 Å². The molecule has 2 unspecified atom stereocenters. The number of rotatable bonds is 5. The monoisotopic (exact) mass is 422 g/mol. The highest BCUT2D eigenvalue weighted by atomic mass is 19.2. The fourth-order valence-corrected chi connectivity index (χ4v) is 5.09. The van der Waals surface area contributed by atoms with Crippen molar-refractivity contribution < 1.29 is 8.78 Å². The molecule has 2 heterocycles. The van der Waals surface area contributed by atoms with Gasteiger partial charge < -0.3 is 10.2 Å². The first-order chi connectivity index (χ1) is 15.2. The zero-order chi connectivity index (χ0) is 21.2. The molecule has 2 atom stereocenters. The lowest BCUT2D eigenvalue weighted by molar-refractivity contribution is 0.334. The van der Waals surface area contributed by atoms with E-state index in [0.29, 0.717) is 12.5 Å². The average molecular weight is 423 g/mol. The van der Waals surface area contributed by atoms with E-state index in [9.17, 15) is 8.78 Å². The maximum absolute atomic E-state index is 13.9. The first kappa shape index (κ1) is 20.3. The predicted octanol–water partition coefficient (Wildman–Crippen LogP) is 4.35. The summed E-state index contributed by atoms with van der Waals surface area (Å²) in [6.45, 7) is 5.11. The second kappa shape index (κ2) is 8.87. The Labute approximate surface area is 182 Å². The van der Waals surface area contributed by atoms with Gasteiger partial charge in [0.15, 0.2) is 11.6 Å². The number of hydrogen-bond acceptors (Lipinski definition) is 4. The summed E-state index contributed by atoms with van der Waals surface area (Å²) in [5, 5.41) is 3.41. The molecule has 1 N–H and O–H groups in total. The third-order valence-corrected chi connectivity index (χ3v) is 6.69. The molecule has 31 heavy (non-hydrogen) atoms. The van der Waals surface area contributed by atoms with Crippen LogP contribution in [0.2, 0.25) is 0 Å². The minimum absolute atomic E-state index is 0.0143. The highest BCUT2D eigenvalue weighted by Crippen LogP contribution is 2.40. The van der Waals surface area contributed by atoms with Gasteiger partial charge in [0.2, 0.25) is 5.96 Å². The van der Waals surface area contributed by atoms with Crippen molar-refractivity contribution in [1.82, 2.24) is 10.2 Å². The smallest absolute Gasteiger partial charge is 0.218 e. The number of benzene rings is 2. The van der Waals surface area contributed by atoms with E-state index in [-0.39, 0.29) is 11.8 Å². The van der Waals surface area contributed by atoms with Crippen molar-refractivity contribution in [3.05, 3.63) is 70.8 Å². The van der Waals surface area contributed by atoms with Crippen LogP contribution in [0.25, 0.3) is 0 Å². The van der Waals surface area contributed by atoms with Gasteiger partial charge in [0, 0.05) is 23.9 Å². The van der Waals surface area contributed by atoms with Crippen molar-refractivity contribution in [3.8, 4) is 0 Å². The van der Waals surface area contributed by atoms with E-state index in [1.54, 1.807) is 6.07 Å². The predicted molar refractivity (Wildman–Crippen MR) is 120 cm³/mol. The lowest BCUT2D eigenvalue weighted by Crippen LogP contribution is -2.36. The summed E-state index contributed by atoms with van der Waals surface area (Å²) in [6, 6.07) is 12.4. The first-order valence-corrected chi connectivity index (χ1v) is 11.3. The molecule has 0 aromatic heterocycles. The topological polar surface area (TPSA) is 40.0 Å². The Bertz CT molecular complexity index is 1010. The summed E-state index contributed by atoms with van der Waals surface area (Å²) in [5.74, 6) is -0.688. The second-order valence-corrected chi connectivity index (χ2v) is 8.74. The number of hydrogen-bond donors (Lipinski definition) is 1. The van der Waals surface area contributed by atoms with Gasteiger partial charge in [0.05, 0.1) is 12.3 Å². The highest BCUT2D eigenvalue weighted by molar-refractivity contribution is 6.11. The molecule has 0 spiro atoms. The molecule has 162 valence electrons. The number of likely N-dealkylation sites (tertiary alicyclic amines) is 1. The molecule has 4 nitrogen and oxygen atoms in total. The highest BCUT2D eigenvalue weighted by Gasteiger charge is 2.34. The van der Waals surface area contributed by atoms with Crippen LogP contribution in [0.4, 0.5) is 8.78 Å². The molecular formula is C25H28F2N4. The molecule has 2 aromatic carbocycles. The van der Waals surface area contributed by atoms with Crippen LogP contribution >= 0.6 is 0 Å². The Balaban J connectivity index is 1.33. The average Bonchev–Trinajstić information content (AvgIpc) is 3.32. The lowest BCUT2D eigenvalue weighted by Gasteiger charge is -2.34. The third-order valence-electron chi connectivity index (χ3n) is 6.69. The minimum Gasteiger partial charge on any atom is -0.354 e. The molecule has 3 aliphatic rings. The van der Waals surface area contributed by atoms with Crippen LogP contribution in [0, 0.1) is 17.6 Å². The zero-order valence-corrected chi connectivity index (χ0v) is 17.7. The molecule has 0 bridgehead atoms. The van der Waals surface area contributed by atoms with Crippen molar-refractivity contribution in [1.29, 1.82) is 0 Å². The van der Waals surface area contributed by atoms with Crippen LogP contribution in [-0.2, 0) is 0 Å². The molecule has 2 aromatic rings. The third kappa shape index (κ3) is 4.26. The second-order valence-electron chi connectivity index (χ2n) is 8.74. The molecular weight excluding hydrogens is 394 g/mol. The quantitative estimate of drug-likeness (QED) is 0.728. The molecule has 0 saturated carbocycles. The van der Waals surface area contributed by atoms with E-state index in [0.717, 1.165) is 48.3 Å². The fourth-order valence-electron chi connectivity index (χ4n) is 5.09. The summed E-state index contributed by atoms with van der Waals surface area (Å²) in [6.07, 6.45) is 4.52. The van der Waals surface area contributed by atoms with Crippen molar-refractivity contribution in [3.63, 3.8) is 0 Å². The lowest BCUT2D eigenvalue weighted by atomic mass is 9.72. The van der Waals surface area contributed by atoms with Crippen LogP contribution in [0.5, 0.6) is 0 Å². The zero-order valence-electron chi connectivity index (χ0n) is 17.7. The van der Waals surface area contributed by atoms with Crippen molar-refractivity contribution in [2.75, 3.05) is 32.7 Å². The fraction of sp³-hybridized carbons (Fsp3) is 0.440. The SMILES string of the molecule is Fc1ccc(C2CC3CN=C(NCCCN4CCCC4)N=C3c3ccccc32)cc1F. The van der Waals surface area contributed by atoms with Crippen LogP contribution in [0.3, 0.4) is 0 Å². The first-order valence-electron chi connectivity index (χ1n) is 11.3. The van der Waals surface area contributed by atoms with Gasteiger partial charge in [-0.2, -0.15) is 0 Å². The number of nitrogens with one attached hydrogen (secondary N) is 1. The Morgan fingerprint density at radius 3 is 2.71 bits per heavy atom. The summed E-state index contributed by atoms with van der Waals surface area (Å²) in [7, 11) is 0. The summed E-state index contributed by atoms with van der Waals surface area (Å²) >= 11 is 0. The van der Waals surface area contributed by atoms with Crippen molar-refractivity contribution in [2.45, 2.75) is 31.6 Å². The van der Waals surface area contributed by atoms with E-state index < -0.39 is 11.6 Å². The van der Waals surface area contributed by atoms with Crippen LogP contribution in [0.15, 0.2) is 52.4 Å². The van der Waals surface area contributed by atoms with Crippen LogP contribution < -0.4 is 5.32 Å². The van der Waals surface area contributed by atoms with Crippen LogP contribution in [0.1, 0.15) is 48.3 Å². The number of aliphatic imine (C=N–C) groups is 2. The molecule has 6 heteroatoms. The summed E-state index contributed by atoms with van der Waals surface area (Å²) < 4.78 is 27.4. The maximum atomic E-state index is 13.9. The standard InChI is InChI=1S/C25H28F2N4/c26-22-9-8-17(15-23(22)27)21-14-18-16-29-25(28-10-5-13-31-11-3-4-12-31)30-24(18)20-7-2-1-6-19(20)21/h1-2,6-9,15,18,21H,3-5,10-14,16H2,(H,28,29). The van der Waals surface area contributed by atoms with Crippen LogP contribution in [-0.4, -0.2) is 49.3 Å². The van der Waals surface area contributed by atoms with Gasteiger partial charge in [-0.3, -0.25) is 4.99 Å². The van der Waals surface area contributed by atoms with Gasteiger partial charge in [-0.05, 0) is 68.6 Å². The number of guanidine groups is 1. The number of halogens is 2. The van der Waals surface area contributed by atoms with Gasteiger partial charge in [0.25, 0.3) is 0 Å². The van der Waals surface area contributed by atoms with E-state index in [1.807, 2.05) is 12.1 Å². The molecule has 0 amide bonds. The van der Waals surface area contributed by atoms with Gasteiger partial charge >= 0.3 is 0 Å². The summed E-state index contributed by atoms with van der Waals surface area (Å²) in [4.78, 5) is 12.1. The Morgan fingerprint density at radius 2 is 1.87 bits per heavy atom. The Kier molecular flexibility index (Phi) is 5.81. The number of nitrogens with zero attached hydrogens (tertiary/aromatic N) is 3. The molecule has 0 radical (unpaired) electrons. The van der Waals surface area contributed by atoms with Gasteiger partial charge in [0.1, 0.15) is 0 Å². The minimum atomic E-state index is -0.808. The summed E-state index contributed by atoms with van der Waals surface area (Å²) in [5.41, 5.74) is 4.09.